The molecule has 7 heteroatoms. The Kier molecular flexibility index (Phi) is 4.98. The number of alkyl carbamates (subject to hydrolysis) is 1. The number of nitrogens with one attached hydrogen (secondary N) is 1. The molecular formula is C15H19N5O2. The standard InChI is InChI=1S/C15H19N5O2/c1-15(2,3)22-14(21)16-10-9-12-17-19-13(20-18-12)11-7-5-4-6-8-11/h4-8H,9-10H2,1-3H3,(H,16,21). The molecule has 0 saturated carbocycles. The van der Waals surface area contributed by atoms with Crippen molar-refractivity contribution in [3.05, 3.63) is 36.2 Å². The topological polar surface area (TPSA) is 89.9 Å². The monoisotopic (exact) mass is 301 g/mol. The molecule has 0 aliphatic rings. The van der Waals surface area contributed by atoms with E-state index in [0.29, 0.717) is 24.6 Å². The van der Waals surface area contributed by atoms with Crippen LogP contribution in [0.1, 0.15) is 26.6 Å². The van der Waals surface area contributed by atoms with Crippen molar-refractivity contribution < 1.29 is 9.53 Å². The predicted molar refractivity (Wildman–Crippen MR) is 81.0 cm³/mol. The van der Waals surface area contributed by atoms with Crippen molar-refractivity contribution >= 4 is 6.09 Å². The first kappa shape index (κ1) is 15.8. The lowest BCUT2D eigenvalue weighted by molar-refractivity contribution is 0.0528. The normalized spacial score (nSPS) is 11.0. The minimum absolute atomic E-state index is 0.364. The van der Waals surface area contributed by atoms with Gasteiger partial charge in [0, 0.05) is 18.5 Å². The van der Waals surface area contributed by atoms with Crippen LogP contribution in [-0.2, 0) is 11.2 Å². The minimum Gasteiger partial charge on any atom is -0.444 e. The number of amides is 1. The molecule has 0 spiro atoms. The summed E-state index contributed by atoms with van der Waals surface area (Å²) in [6.45, 7) is 5.80. The van der Waals surface area contributed by atoms with E-state index in [2.05, 4.69) is 25.7 Å². The van der Waals surface area contributed by atoms with Crippen molar-refractivity contribution in [3.63, 3.8) is 0 Å². The fraction of sp³-hybridized carbons (Fsp3) is 0.400. The second-order valence-corrected chi connectivity index (χ2v) is 5.68. The van der Waals surface area contributed by atoms with Crippen molar-refractivity contribution in [1.29, 1.82) is 0 Å². The molecule has 1 N–H and O–H groups in total. The Balaban J connectivity index is 1.84. The van der Waals surface area contributed by atoms with E-state index in [-0.39, 0.29) is 0 Å². The number of benzene rings is 1. The van der Waals surface area contributed by atoms with Gasteiger partial charge >= 0.3 is 6.09 Å². The zero-order valence-electron chi connectivity index (χ0n) is 12.9. The third-order valence-electron chi connectivity index (χ3n) is 2.57. The third-order valence-corrected chi connectivity index (χ3v) is 2.57. The van der Waals surface area contributed by atoms with Crippen molar-refractivity contribution in [2.45, 2.75) is 32.8 Å². The number of hydrogen-bond acceptors (Lipinski definition) is 6. The molecule has 116 valence electrons. The maximum atomic E-state index is 11.5. The molecule has 0 aliphatic carbocycles. The molecule has 7 nitrogen and oxygen atoms in total. The molecule has 2 aromatic rings. The minimum atomic E-state index is -0.513. The molecule has 0 saturated heterocycles. The van der Waals surface area contributed by atoms with Crippen molar-refractivity contribution in [3.8, 4) is 11.4 Å². The first-order valence-electron chi connectivity index (χ1n) is 7.02. The average molecular weight is 301 g/mol. The van der Waals surface area contributed by atoms with Gasteiger partial charge in [0.15, 0.2) is 5.82 Å². The van der Waals surface area contributed by atoms with E-state index in [1.807, 2.05) is 51.1 Å². The van der Waals surface area contributed by atoms with Gasteiger partial charge in [-0.05, 0) is 20.8 Å². The van der Waals surface area contributed by atoms with Crippen LogP contribution in [0.15, 0.2) is 30.3 Å². The van der Waals surface area contributed by atoms with E-state index in [1.165, 1.54) is 0 Å². The highest BCUT2D eigenvalue weighted by Gasteiger charge is 2.15. The van der Waals surface area contributed by atoms with E-state index in [9.17, 15) is 4.79 Å². The fourth-order valence-electron chi connectivity index (χ4n) is 1.64. The maximum absolute atomic E-state index is 11.5. The quantitative estimate of drug-likeness (QED) is 0.929. The number of aromatic nitrogens is 4. The van der Waals surface area contributed by atoms with E-state index in [4.69, 9.17) is 4.74 Å². The molecule has 1 amide bonds. The zero-order chi connectivity index (χ0) is 16.0. The summed E-state index contributed by atoms with van der Waals surface area (Å²) in [5, 5.41) is 18.7. The van der Waals surface area contributed by atoms with Crippen LogP contribution in [0.25, 0.3) is 11.4 Å². The molecule has 1 aromatic heterocycles. The lowest BCUT2D eigenvalue weighted by Gasteiger charge is -2.19. The van der Waals surface area contributed by atoms with Crippen molar-refractivity contribution in [1.82, 2.24) is 25.7 Å². The smallest absolute Gasteiger partial charge is 0.407 e. The summed E-state index contributed by atoms with van der Waals surface area (Å²) >= 11 is 0. The molecule has 0 bridgehead atoms. The molecule has 2 rings (SSSR count). The Morgan fingerprint density at radius 2 is 1.73 bits per heavy atom. The number of nitrogens with zero attached hydrogens (tertiary/aromatic N) is 4. The highest BCUT2D eigenvalue weighted by molar-refractivity contribution is 5.67. The van der Waals surface area contributed by atoms with Crippen LogP contribution < -0.4 is 5.32 Å². The molecule has 0 fully saturated rings. The molecule has 0 aliphatic heterocycles. The van der Waals surface area contributed by atoms with Gasteiger partial charge < -0.3 is 10.1 Å². The number of carbonyl (C=O) groups is 1. The molecule has 0 radical (unpaired) electrons. The second-order valence-electron chi connectivity index (χ2n) is 5.68. The average Bonchev–Trinajstić information content (AvgIpc) is 2.47. The van der Waals surface area contributed by atoms with Gasteiger partial charge in [0.25, 0.3) is 0 Å². The van der Waals surface area contributed by atoms with Gasteiger partial charge in [0.05, 0.1) is 0 Å². The summed E-state index contributed by atoms with van der Waals surface area (Å²) in [5.41, 5.74) is 0.349. The highest BCUT2D eigenvalue weighted by atomic mass is 16.6. The van der Waals surface area contributed by atoms with E-state index in [1.54, 1.807) is 0 Å². The molecule has 1 aromatic carbocycles. The Bertz CT molecular complexity index is 608. The second kappa shape index (κ2) is 6.93. The largest absolute Gasteiger partial charge is 0.444 e. The van der Waals surface area contributed by atoms with Gasteiger partial charge in [0.2, 0.25) is 5.82 Å². The Morgan fingerprint density at radius 1 is 1.09 bits per heavy atom. The van der Waals surface area contributed by atoms with Gasteiger partial charge in [-0.1, -0.05) is 30.3 Å². The van der Waals surface area contributed by atoms with Gasteiger partial charge in [-0.2, -0.15) is 0 Å². The summed E-state index contributed by atoms with van der Waals surface area (Å²) in [5.74, 6) is 0.945. The van der Waals surface area contributed by atoms with Gasteiger partial charge in [-0.25, -0.2) is 4.79 Å². The SMILES string of the molecule is CC(C)(C)OC(=O)NCCc1nnc(-c2ccccc2)nn1. The molecule has 0 unspecified atom stereocenters. The van der Waals surface area contributed by atoms with Gasteiger partial charge in [-0.15, -0.1) is 20.4 Å². The maximum Gasteiger partial charge on any atom is 0.407 e. The van der Waals surface area contributed by atoms with Gasteiger partial charge in [0.1, 0.15) is 5.60 Å². The van der Waals surface area contributed by atoms with Crippen LogP contribution >= 0.6 is 0 Å². The summed E-state index contributed by atoms with van der Waals surface area (Å²) in [7, 11) is 0. The third kappa shape index (κ3) is 5.08. The van der Waals surface area contributed by atoms with Crippen LogP contribution in [0.3, 0.4) is 0 Å². The van der Waals surface area contributed by atoms with Crippen LogP contribution in [0.2, 0.25) is 0 Å². The Labute approximate surface area is 129 Å². The van der Waals surface area contributed by atoms with Crippen LogP contribution in [0.5, 0.6) is 0 Å². The van der Waals surface area contributed by atoms with Crippen molar-refractivity contribution in [2.24, 2.45) is 0 Å². The van der Waals surface area contributed by atoms with Crippen LogP contribution in [0.4, 0.5) is 4.79 Å². The predicted octanol–water partition coefficient (Wildman–Crippen LogP) is 2.00. The first-order valence-corrected chi connectivity index (χ1v) is 7.02. The van der Waals surface area contributed by atoms with Crippen LogP contribution in [0, 0.1) is 0 Å². The number of rotatable bonds is 4. The molecule has 0 atom stereocenters. The Morgan fingerprint density at radius 3 is 2.32 bits per heavy atom. The summed E-state index contributed by atoms with van der Waals surface area (Å²) in [4.78, 5) is 11.5. The van der Waals surface area contributed by atoms with Crippen LogP contribution in [-0.4, -0.2) is 38.6 Å². The summed E-state index contributed by atoms with van der Waals surface area (Å²) in [6, 6.07) is 9.50. The highest BCUT2D eigenvalue weighted by Crippen LogP contribution is 2.11. The Hall–Kier alpha value is -2.57. The summed E-state index contributed by atoms with van der Waals surface area (Å²) in [6.07, 6.45) is -0.0248. The fourth-order valence-corrected chi connectivity index (χ4v) is 1.64. The van der Waals surface area contributed by atoms with Gasteiger partial charge in [-0.3, -0.25) is 0 Å². The molecular weight excluding hydrogens is 282 g/mol. The number of ether oxygens (including phenoxy) is 1. The molecule has 22 heavy (non-hydrogen) atoms. The first-order chi connectivity index (χ1) is 10.4. The lowest BCUT2D eigenvalue weighted by atomic mass is 10.2. The van der Waals surface area contributed by atoms with E-state index < -0.39 is 11.7 Å². The number of hydrogen-bond donors (Lipinski definition) is 1. The summed E-state index contributed by atoms with van der Waals surface area (Å²) < 4.78 is 5.13. The van der Waals surface area contributed by atoms with E-state index >= 15 is 0 Å². The van der Waals surface area contributed by atoms with Crippen molar-refractivity contribution in [2.75, 3.05) is 6.54 Å². The zero-order valence-corrected chi connectivity index (χ0v) is 12.9. The molecule has 1 heterocycles. The lowest BCUT2D eigenvalue weighted by Crippen LogP contribution is -2.33. The van der Waals surface area contributed by atoms with E-state index in [0.717, 1.165) is 5.56 Å². The number of carbonyl (C=O) groups excluding carboxylic acids is 1.